The van der Waals surface area contributed by atoms with Crippen LogP contribution in [0, 0.1) is 11.6 Å². The van der Waals surface area contributed by atoms with Crippen molar-refractivity contribution in [3.63, 3.8) is 0 Å². The number of halogens is 3. The summed E-state index contributed by atoms with van der Waals surface area (Å²) in [6.45, 7) is 0.660. The molecule has 2 aromatic heterocycles. The van der Waals surface area contributed by atoms with Gasteiger partial charge in [-0.2, -0.15) is 4.31 Å². The molecular weight excluding hydrogens is 480 g/mol. The third kappa shape index (κ3) is 4.85. The summed E-state index contributed by atoms with van der Waals surface area (Å²) in [5.41, 5.74) is 5.91. The molecule has 1 aliphatic rings. The number of nitrogens with zero attached hydrogens (tertiary/aromatic N) is 3. The Bertz CT molecular complexity index is 1190. The second-order valence-corrected chi connectivity index (χ2v) is 10.8. The highest BCUT2D eigenvalue weighted by atomic mass is 35.5. The first-order valence-electron chi connectivity index (χ1n) is 9.80. The molecule has 1 fully saturated rings. The molecule has 1 aromatic carbocycles. The third-order valence-electron chi connectivity index (χ3n) is 5.25. The van der Waals surface area contributed by atoms with Gasteiger partial charge in [-0.25, -0.2) is 27.2 Å². The highest BCUT2D eigenvalue weighted by Crippen LogP contribution is 2.31. The van der Waals surface area contributed by atoms with E-state index in [9.17, 15) is 17.2 Å². The summed E-state index contributed by atoms with van der Waals surface area (Å²) in [4.78, 5) is 8.78. The van der Waals surface area contributed by atoms with Gasteiger partial charge in [0.05, 0.1) is 4.88 Å². The fourth-order valence-corrected chi connectivity index (χ4v) is 5.99. The molecule has 0 unspecified atom stereocenters. The lowest BCUT2D eigenvalue weighted by Crippen LogP contribution is -2.42. The van der Waals surface area contributed by atoms with Crippen LogP contribution in [0.15, 0.2) is 41.4 Å². The molecule has 0 bridgehead atoms. The summed E-state index contributed by atoms with van der Waals surface area (Å²) in [6, 6.07) is 6.60. The summed E-state index contributed by atoms with van der Waals surface area (Å²) in [6.07, 6.45) is 2.39. The average molecular weight is 500 g/mol. The van der Waals surface area contributed by atoms with Crippen LogP contribution in [0.4, 0.5) is 19.7 Å². The molecule has 0 amide bonds. The molecular formula is C20H20ClF2N5O2S2. The SMILES string of the molecule is Nc1nc(NC2CCN(S(=O)(=O)c3ccc(Cl)nc3)CC2)sc1Cc1c(F)cccc1F. The molecule has 7 nitrogen and oxygen atoms in total. The fraction of sp³-hybridized carbons (Fsp3) is 0.300. The van der Waals surface area contributed by atoms with Gasteiger partial charge in [0.15, 0.2) is 5.13 Å². The van der Waals surface area contributed by atoms with E-state index in [4.69, 9.17) is 17.3 Å². The van der Waals surface area contributed by atoms with Crippen molar-refractivity contribution in [2.75, 3.05) is 24.1 Å². The van der Waals surface area contributed by atoms with Gasteiger partial charge in [-0.3, -0.25) is 0 Å². The zero-order valence-corrected chi connectivity index (χ0v) is 19.2. The van der Waals surface area contributed by atoms with Gasteiger partial charge in [-0.15, -0.1) is 0 Å². The van der Waals surface area contributed by atoms with Crippen molar-refractivity contribution in [2.24, 2.45) is 0 Å². The van der Waals surface area contributed by atoms with Gasteiger partial charge in [-0.05, 0) is 37.1 Å². The van der Waals surface area contributed by atoms with Crippen LogP contribution < -0.4 is 11.1 Å². The lowest BCUT2D eigenvalue weighted by molar-refractivity contribution is 0.329. The topological polar surface area (TPSA) is 101 Å². The summed E-state index contributed by atoms with van der Waals surface area (Å²) in [5, 5.41) is 4.03. The number of pyridine rings is 1. The molecule has 0 aliphatic carbocycles. The zero-order valence-electron chi connectivity index (χ0n) is 16.8. The van der Waals surface area contributed by atoms with E-state index in [0.29, 0.717) is 35.9 Å². The first-order chi connectivity index (χ1) is 15.2. The molecule has 0 radical (unpaired) electrons. The second-order valence-electron chi connectivity index (χ2n) is 7.34. The van der Waals surface area contributed by atoms with E-state index in [0.717, 1.165) is 0 Å². The van der Waals surface area contributed by atoms with E-state index < -0.39 is 21.7 Å². The maximum atomic E-state index is 13.9. The lowest BCUT2D eigenvalue weighted by Gasteiger charge is -2.31. The van der Waals surface area contributed by atoms with Crippen molar-refractivity contribution in [3.05, 3.63) is 63.8 Å². The molecule has 4 rings (SSSR count). The summed E-state index contributed by atoms with van der Waals surface area (Å²) < 4.78 is 54.9. The molecule has 170 valence electrons. The number of benzene rings is 1. The Morgan fingerprint density at radius 2 is 1.88 bits per heavy atom. The van der Waals surface area contributed by atoms with E-state index in [-0.39, 0.29) is 33.9 Å². The lowest BCUT2D eigenvalue weighted by atomic mass is 10.1. The largest absolute Gasteiger partial charge is 0.383 e. The van der Waals surface area contributed by atoms with Crippen molar-refractivity contribution in [3.8, 4) is 0 Å². The van der Waals surface area contributed by atoms with Gasteiger partial charge < -0.3 is 11.1 Å². The van der Waals surface area contributed by atoms with Gasteiger partial charge in [0, 0.05) is 37.3 Å². The van der Waals surface area contributed by atoms with Crippen molar-refractivity contribution in [1.82, 2.24) is 14.3 Å². The Morgan fingerprint density at radius 3 is 2.50 bits per heavy atom. The van der Waals surface area contributed by atoms with Crippen LogP contribution in [0.25, 0.3) is 0 Å². The second kappa shape index (κ2) is 9.26. The van der Waals surface area contributed by atoms with Gasteiger partial charge >= 0.3 is 0 Å². The van der Waals surface area contributed by atoms with E-state index in [1.165, 1.54) is 52.2 Å². The monoisotopic (exact) mass is 499 g/mol. The highest BCUT2D eigenvalue weighted by Gasteiger charge is 2.30. The minimum Gasteiger partial charge on any atom is -0.383 e. The molecule has 0 atom stereocenters. The van der Waals surface area contributed by atoms with Crippen molar-refractivity contribution < 1.29 is 17.2 Å². The van der Waals surface area contributed by atoms with E-state index in [2.05, 4.69) is 15.3 Å². The van der Waals surface area contributed by atoms with Gasteiger partial charge in [0.1, 0.15) is 27.5 Å². The number of nitrogen functional groups attached to an aromatic ring is 1. The maximum Gasteiger partial charge on any atom is 0.244 e. The molecule has 12 heteroatoms. The Labute approximate surface area is 193 Å². The number of sulfonamides is 1. The minimum atomic E-state index is -3.64. The van der Waals surface area contributed by atoms with Crippen molar-refractivity contribution in [1.29, 1.82) is 0 Å². The summed E-state index contributed by atoms with van der Waals surface area (Å²) >= 11 is 6.98. The zero-order chi connectivity index (χ0) is 22.9. The number of rotatable bonds is 6. The van der Waals surface area contributed by atoms with Gasteiger partial charge in [0.25, 0.3) is 0 Å². The molecule has 0 spiro atoms. The van der Waals surface area contributed by atoms with Crippen LogP contribution in [0.3, 0.4) is 0 Å². The number of aromatic nitrogens is 2. The Balaban J connectivity index is 1.38. The smallest absolute Gasteiger partial charge is 0.244 e. The van der Waals surface area contributed by atoms with Crippen LogP contribution in [0.2, 0.25) is 5.15 Å². The molecule has 32 heavy (non-hydrogen) atoms. The molecule has 0 saturated carbocycles. The number of thiazole rings is 1. The normalized spacial score (nSPS) is 15.7. The number of hydrogen-bond acceptors (Lipinski definition) is 7. The van der Waals surface area contributed by atoms with Crippen LogP contribution in [0.5, 0.6) is 0 Å². The standard InChI is InChI=1S/C20H20ClF2N5O2S2/c21-18-5-4-13(11-25-18)32(29,30)28-8-6-12(7-9-28)26-20-27-19(24)17(31-20)10-14-15(22)2-1-3-16(14)23/h1-5,11-12H,6-10,24H2,(H,26,27). The summed E-state index contributed by atoms with van der Waals surface area (Å²) in [7, 11) is -3.64. The number of anilines is 2. The van der Waals surface area contributed by atoms with Crippen LogP contribution in [-0.2, 0) is 16.4 Å². The van der Waals surface area contributed by atoms with Crippen LogP contribution >= 0.6 is 22.9 Å². The van der Waals surface area contributed by atoms with E-state index in [1.807, 2.05) is 0 Å². The quantitative estimate of drug-likeness (QED) is 0.499. The van der Waals surface area contributed by atoms with Gasteiger partial charge in [0.2, 0.25) is 10.0 Å². The number of nitrogens with two attached hydrogens (primary N) is 1. The summed E-state index contributed by atoms with van der Waals surface area (Å²) in [5.74, 6) is -1.04. The average Bonchev–Trinajstić information content (AvgIpc) is 3.10. The number of nitrogens with one attached hydrogen (secondary N) is 1. The first kappa shape index (κ1) is 22.8. The number of piperidine rings is 1. The first-order valence-corrected chi connectivity index (χ1v) is 12.4. The molecule has 3 aromatic rings. The van der Waals surface area contributed by atoms with Crippen LogP contribution in [-0.4, -0.2) is 41.8 Å². The third-order valence-corrected chi connectivity index (χ3v) is 8.35. The molecule has 3 heterocycles. The molecule has 3 N–H and O–H groups in total. The maximum absolute atomic E-state index is 13.9. The van der Waals surface area contributed by atoms with Crippen molar-refractivity contribution >= 4 is 43.9 Å². The Morgan fingerprint density at radius 1 is 1.19 bits per heavy atom. The Kier molecular flexibility index (Phi) is 6.61. The molecule has 1 saturated heterocycles. The molecule has 1 aliphatic heterocycles. The minimum absolute atomic E-state index is 0.00612. The fourth-order valence-electron chi connectivity index (χ4n) is 3.49. The van der Waals surface area contributed by atoms with Gasteiger partial charge in [-0.1, -0.05) is 29.0 Å². The van der Waals surface area contributed by atoms with Crippen molar-refractivity contribution in [2.45, 2.75) is 30.2 Å². The number of hydrogen-bond donors (Lipinski definition) is 2. The Hall–Kier alpha value is -2.34. The predicted octanol–water partition coefficient (Wildman–Crippen LogP) is 3.91. The van der Waals surface area contributed by atoms with Crippen LogP contribution in [0.1, 0.15) is 23.3 Å². The van der Waals surface area contributed by atoms with E-state index >= 15 is 0 Å². The van der Waals surface area contributed by atoms with E-state index in [1.54, 1.807) is 0 Å². The highest BCUT2D eigenvalue weighted by molar-refractivity contribution is 7.89. The predicted molar refractivity (Wildman–Crippen MR) is 120 cm³/mol.